The highest BCUT2D eigenvalue weighted by Gasteiger charge is 2.24. The van der Waals surface area contributed by atoms with Crippen molar-refractivity contribution in [2.24, 2.45) is 0 Å². The molecule has 0 heterocycles. The molecule has 0 aliphatic heterocycles. The van der Waals surface area contributed by atoms with Gasteiger partial charge >= 0.3 is 12.0 Å². The number of hydrogen-bond donors (Lipinski definition) is 2. The van der Waals surface area contributed by atoms with Crippen molar-refractivity contribution < 1.29 is 19.5 Å². The molecule has 98 valence electrons. The highest BCUT2D eigenvalue weighted by atomic mass is 16.4. The quantitative estimate of drug-likeness (QED) is 0.703. The van der Waals surface area contributed by atoms with Crippen LogP contribution in [0.3, 0.4) is 0 Å². The highest BCUT2D eigenvalue weighted by molar-refractivity contribution is 5.88. The van der Waals surface area contributed by atoms with Gasteiger partial charge in [0.15, 0.2) is 0 Å². The number of hydrogen-bond acceptors (Lipinski definition) is 3. The summed E-state index contributed by atoms with van der Waals surface area (Å²) in [6.45, 7) is 2.93. The summed E-state index contributed by atoms with van der Waals surface area (Å²) in [5, 5.41) is 11.2. The molecule has 0 rings (SSSR count). The summed E-state index contributed by atoms with van der Waals surface area (Å²) in [5.74, 6) is -1.36. The summed E-state index contributed by atoms with van der Waals surface area (Å²) in [6.07, 6.45) is 0. The maximum Gasteiger partial charge on any atom is 0.326 e. The van der Waals surface area contributed by atoms with Crippen molar-refractivity contribution >= 4 is 17.9 Å². The fourth-order valence-electron chi connectivity index (χ4n) is 1.08. The normalized spacial score (nSPS) is 13.5. The van der Waals surface area contributed by atoms with E-state index >= 15 is 0 Å². The Bertz CT molecular complexity index is 317. The van der Waals surface area contributed by atoms with Crippen molar-refractivity contribution in [3.8, 4) is 0 Å². The zero-order valence-electron chi connectivity index (χ0n) is 10.7. The van der Waals surface area contributed by atoms with Gasteiger partial charge in [0.05, 0.1) is 0 Å². The van der Waals surface area contributed by atoms with Crippen LogP contribution in [0.1, 0.15) is 13.8 Å². The van der Waals surface area contributed by atoms with Gasteiger partial charge < -0.3 is 20.2 Å². The number of urea groups is 1. The van der Waals surface area contributed by atoms with E-state index in [1.165, 1.54) is 18.9 Å². The minimum atomic E-state index is -1.10. The van der Waals surface area contributed by atoms with Crippen molar-refractivity contribution in [1.82, 2.24) is 15.1 Å². The second-order valence-corrected chi connectivity index (χ2v) is 4.03. The van der Waals surface area contributed by atoms with Crippen LogP contribution in [0.15, 0.2) is 0 Å². The molecule has 0 aliphatic rings. The molecule has 7 heteroatoms. The van der Waals surface area contributed by atoms with Crippen molar-refractivity contribution in [3.63, 3.8) is 0 Å². The third kappa shape index (κ3) is 4.29. The summed E-state index contributed by atoms with van der Waals surface area (Å²) in [5.41, 5.74) is 0. The lowest BCUT2D eigenvalue weighted by atomic mass is 10.3. The van der Waals surface area contributed by atoms with Crippen LogP contribution in [-0.4, -0.2) is 66.0 Å². The Morgan fingerprint density at radius 2 is 1.59 bits per heavy atom. The van der Waals surface area contributed by atoms with Gasteiger partial charge in [0.1, 0.15) is 12.1 Å². The molecule has 2 N–H and O–H groups in total. The molecular weight excluding hydrogens is 226 g/mol. The van der Waals surface area contributed by atoms with Gasteiger partial charge in [0.25, 0.3) is 0 Å². The third-order valence-electron chi connectivity index (χ3n) is 2.41. The van der Waals surface area contributed by atoms with Crippen molar-refractivity contribution in [2.45, 2.75) is 25.9 Å². The monoisotopic (exact) mass is 245 g/mol. The molecule has 0 aliphatic carbocycles. The Balaban J connectivity index is 4.45. The van der Waals surface area contributed by atoms with E-state index < -0.39 is 24.1 Å². The van der Waals surface area contributed by atoms with Gasteiger partial charge in [-0.25, -0.2) is 9.59 Å². The lowest BCUT2D eigenvalue weighted by molar-refractivity contribution is -0.141. The van der Waals surface area contributed by atoms with Gasteiger partial charge in [-0.05, 0) is 13.8 Å². The van der Waals surface area contributed by atoms with Crippen LogP contribution in [0, 0.1) is 0 Å². The molecular formula is C10H19N3O4. The van der Waals surface area contributed by atoms with Crippen LogP contribution < -0.4 is 5.32 Å². The Morgan fingerprint density at radius 3 is 1.94 bits per heavy atom. The molecule has 0 bridgehead atoms. The minimum absolute atomic E-state index is 0.255. The van der Waals surface area contributed by atoms with E-state index in [9.17, 15) is 14.4 Å². The number of carbonyl (C=O) groups excluding carboxylic acids is 2. The van der Waals surface area contributed by atoms with Crippen molar-refractivity contribution in [3.05, 3.63) is 0 Å². The number of likely N-dealkylation sites (N-methyl/N-ethyl adjacent to an activating group) is 2. The number of carbonyl (C=O) groups is 3. The molecule has 0 aromatic heterocycles. The fraction of sp³-hybridized carbons (Fsp3) is 0.700. The molecule has 0 aromatic carbocycles. The maximum absolute atomic E-state index is 11.6. The molecule has 2 unspecified atom stereocenters. The minimum Gasteiger partial charge on any atom is -0.480 e. The number of nitrogens with one attached hydrogen (secondary N) is 1. The average molecular weight is 245 g/mol. The molecule has 0 spiro atoms. The topological polar surface area (TPSA) is 90.0 Å². The number of nitrogens with zero attached hydrogens (tertiary/aromatic N) is 2. The first-order chi connectivity index (χ1) is 7.68. The Hall–Kier alpha value is -1.79. The van der Waals surface area contributed by atoms with Crippen LogP contribution in [0.25, 0.3) is 0 Å². The summed E-state index contributed by atoms with van der Waals surface area (Å²) in [7, 11) is 4.52. The maximum atomic E-state index is 11.6. The number of carboxylic acids is 1. The van der Waals surface area contributed by atoms with Crippen LogP contribution in [0.4, 0.5) is 4.79 Å². The first-order valence-electron chi connectivity index (χ1n) is 5.15. The van der Waals surface area contributed by atoms with Gasteiger partial charge in [-0.15, -0.1) is 0 Å². The van der Waals surface area contributed by atoms with Gasteiger partial charge in [0, 0.05) is 21.1 Å². The summed E-state index contributed by atoms with van der Waals surface area (Å²) < 4.78 is 0. The number of aliphatic carboxylic acids is 1. The predicted molar refractivity (Wildman–Crippen MR) is 61.5 cm³/mol. The first kappa shape index (κ1) is 15.2. The van der Waals surface area contributed by atoms with Gasteiger partial charge in [-0.3, -0.25) is 4.79 Å². The van der Waals surface area contributed by atoms with E-state index in [-0.39, 0.29) is 5.91 Å². The number of rotatable bonds is 4. The van der Waals surface area contributed by atoms with Crippen molar-refractivity contribution in [2.75, 3.05) is 21.1 Å². The van der Waals surface area contributed by atoms with E-state index in [1.54, 1.807) is 21.0 Å². The molecule has 17 heavy (non-hydrogen) atoms. The standard InChI is InChI=1S/C10H19N3O4/c1-6(8(14)12(3)4)11-10(17)13(5)7(2)9(15)16/h6-7H,1-5H3,(H,11,17)(H,15,16). The summed E-state index contributed by atoms with van der Waals surface area (Å²) in [4.78, 5) is 36.1. The molecule has 0 saturated heterocycles. The number of amides is 3. The fourth-order valence-corrected chi connectivity index (χ4v) is 1.08. The van der Waals surface area contributed by atoms with Crippen molar-refractivity contribution in [1.29, 1.82) is 0 Å². The predicted octanol–water partition coefficient (Wildman–Crippen LogP) is -0.422. The lowest BCUT2D eigenvalue weighted by Gasteiger charge is -2.25. The smallest absolute Gasteiger partial charge is 0.326 e. The molecule has 0 fully saturated rings. The van der Waals surface area contributed by atoms with Gasteiger partial charge in [-0.2, -0.15) is 0 Å². The van der Waals surface area contributed by atoms with E-state index in [4.69, 9.17) is 5.11 Å². The van der Waals surface area contributed by atoms with E-state index in [0.29, 0.717) is 0 Å². The van der Waals surface area contributed by atoms with Gasteiger partial charge in [-0.1, -0.05) is 0 Å². The first-order valence-corrected chi connectivity index (χ1v) is 5.15. The molecule has 3 amide bonds. The van der Waals surface area contributed by atoms with Crippen LogP contribution in [-0.2, 0) is 9.59 Å². The molecule has 0 radical (unpaired) electrons. The second kappa shape index (κ2) is 6.07. The van der Waals surface area contributed by atoms with E-state index in [0.717, 1.165) is 4.90 Å². The number of carboxylic acid groups (broad SMARTS) is 1. The second-order valence-electron chi connectivity index (χ2n) is 4.03. The summed E-state index contributed by atoms with van der Waals surface area (Å²) >= 11 is 0. The average Bonchev–Trinajstić information content (AvgIpc) is 2.25. The SMILES string of the molecule is CC(NC(=O)N(C)C(C)C(=O)O)C(=O)N(C)C. The largest absolute Gasteiger partial charge is 0.480 e. The zero-order chi connectivity index (χ0) is 13.7. The van der Waals surface area contributed by atoms with Crippen LogP contribution in [0.2, 0.25) is 0 Å². The molecule has 7 nitrogen and oxygen atoms in total. The highest BCUT2D eigenvalue weighted by Crippen LogP contribution is 1.98. The molecule has 2 atom stereocenters. The van der Waals surface area contributed by atoms with Crippen LogP contribution >= 0.6 is 0 Å². The van der Waals surface area contributed by atoms with Crippen LogP contribution in [0.5, 0.6) is 0 Å². The van der Waals surface area contributed by atoms with Gasteiger partial charge in [0.2, 0.25) is 5.91 Å². The lowest BCUT2D eigenvalue weighted by Crippen LogP contribution is -2.51. The Kier molecular flexibility index (Phi) is 5.43. The summed E-state index contributed by atoms with van der Waals surface area (Å²) in [6, 6.07) is -2.24. The third-order valence-corrected chi connectivity index (χ3v) is 2.41. The molecule has 0 saturated carbocycles. The Morgan fingerprint density at radius 1 is 1.12 bits per heavy atom. The zero-order valence-corrected chi connectivity index (χ0v) is 10.7. The van der Waals surface area contributed by atoms with E-state index in [2.05, 4.69) is 5.32 Å². The molecule has 0 aromatic rings. The van der Waals surface area contributed by atoms with E-state index in [1.807, 2.05) is 0 Å². The Labute approximate surface area is 100 Å².